The molecule has 0 saturated carbocycles. The summed E-state index contributed by atoms with van der Waals surface area (Å²) in [5.41, 5.74) is 1.02. The van der Waals surface area contributed by atoms with Crippen LogP contribution in [-0.2, 0) is 0 Å². The van der Waals surface area contributed by atoms with E-state index in [1.165, 1.54) is 0 Å². The molecule has 0 radical (unpaired) electrons. The zero-order chi connectivity index (χ0) is 7.98. The molecular formula is C9H15N. The molecule has 0 aromatic rings. The monoisotopic (exact) mass is 137 g/mol. The second-order valence-electron chi connectivity index (χ2n) is 2.42. The first-order chi connectivity index (χ1) is 4.70. The summed E-state index contributed by atoms with van der Waals surface area (Å²) in [7, 11) is 0. The number of allylic oxidation sites excluding steroid dienone is 2. The van der Waals surface area contributed by atoms with E-state index in [1.807, 2.05) is 0 Å². The molecule has 0 aliphatic carbocycles. The third-order valence-electron chi connectivity index (χ3n) is 1.00. The van der Waals surface area contributed by atoms with Crippen molar-refractivity contribution in [1.82, 2.24) is 5.32 Å². The molecule has 0 aromatic heterocycles. The molecule has 0 fully saturated rings. The maximum atomic E-state index is 3.65. The quantitative estimate of drug-likeness (QED) is 0.587. The second kappa shape index (κ2) is 4.86. The number of hydrogen-bond donors (Lipinski definition) is 1. The van der Waals surface area contributed by atoms with Gasteiger partial charge in [0.2, 0.25) is 0 Å². The molecule has 56 valence electrons. The van der Waals surface area contributed by atoms with Crippen molar-refractivity contribution < 1.29 is 0 Å². The third kappa shape index (κ3) is 3.96. The Morgan fingerprint density at radius 3 is 2.30 bits per heavy atom. The van der Waals surface area contributed by atoms with Gasteiger partial charge < -0.3 is 5.32 Å². The van der Waals surface area contributed by atoms with Crippen LogP contribution in [0.5, 0.6) is 0 Å². The molecule has 0 spiro atoms. The number of rotatable bonds is 4. The lowest BCUT2D eigenvalue weighted by molar-refractivity contribution is 0.815. The van der Waals surface area contributed by atoms with Crippen LogP contribution < -0.4 is 5.32 Å². The van der Waals surface area contributed by atoms with Crippen LogP contribution in [0.1, 0.15) is 13.8 Å². The minimum absolute atomic E-state index is 0.542. The SMILES string of the molecule is C=CN/C(C=C)=C\C(C)C. The predicted molar refractivity (Wildman–Crippen MR) is 46.5 cm³/mol. The highest BCUT2D eigenvalue weighted by Crippen LogP contribution is 1.99. The maximum Gasteiger partial charge on any atom is 0.0335 e. The van der Waals surface area contributed by atoms with Gasteiger partial charge in [0.1, 0.15) is 0 Å². The summed E-state index contributed by atoms with van der Waals surface area (Å²) < 4.78 is 0. The first-order valence-corrected chi connectivity index (χ1v) is 3.42. The van der Waals surface area contributed by atoms with Gasteiger partial charge in [-0.1, -0.05) is 33.1 Å². The lowest BCUT2D eigenvalue weighted by Crippen LogP contribution is -2.02. The summed E-state index contributed by atoms with van der Waals surface area (Å²) in [5.74, 6) is 0.542. The molecule has 0 amide bonds. The smallest absolute Gasteiger partial charge is 0.0335 e. The Balaban J connectivity index is 4.02. The largest absolute Gasteiger partial charge is 0.363 e. The minimum atomic E-state index is 0.542. The van der Waals surface area contributed by atoms with Crippen molar-refractivity contribution in [2.24, 2.45) is 5.92 Å². The summed E-state index contributed by atoms with van der Waals surface area (Å²) in [6.45, 7) is 11.4. The summed E-state index contributed by atoms with van der Waals surface area (Å²) in [6.07, 6.45) is 5.52. The maximum absolute atomic E-state index is 3.65. The lowest BCUT2D eigenvalue weighted by atomic mass is 10.2. The van der Waals surface area contributed by atoms with Gasteiger partial charge in [0.25, 0.3) is 0 Å². The molecule has 0 atom stereocenters. The van der Waals surface area contributed by atoms with E-state index < -0.39 is 0 Å². The van der Waals surface area contributed by atoms with Crippen molar-refractivity contribution >= 4 is 0 Å². The van der Waals surface area contributed by atoms with Crippen LogP contribution >= 0.6 is 0 Å². The van der Waals surface area contributed by atoms with Crippen LogP contribution in [0.4, 0.5) is 0 Å². The normalized spacial score (nSPS) is 11.3. The first-order valence-electron chi connectivity index (χ1n) is 3.42. The molecule has 0 heterocycles. The highest BCUT2D eigenvalue weighted by molar-refractivity contribution is 5.16. The van der Waals surface area contributed by atoms with Gasteiger partial charge in [0.05, 0.1) is 0 Å². The average molecular weight is 137 g/mol. The van der Waals surface area contributed by atoms with Crippen LogP contribution in [0, 0.1) is 5.92 Å². The minimum Gasteiger partial charge on any atom is -0.363 e. The fourth-order valence-electron chi connectivity index (χ4n) is 0.652. The van der Waals surface area contributed by atoms with Crippen LogP contribution in [0.3, 0.4) is 0 Å². The Morgan fingerprint density at radius 2 is 2.00 bits per heavy atom. The zero-order valence-corrected chi connectivity index (χ0v) is 6.72. The summed E-state index contributed by atoms with van der Waals surface area (Å²) in [5, 5.41) is 2.97. The Kier molecular flexibility index (Phi) is 4.38. The molecular weight excluding hydrogens is 122 g/mol. The van der Waals surface area contributed by atoms with Gasteiger partial charge in [-0.05, 0) is 18.2 Å². The Morgan fingerprint density at radius 1 is 1.40 bits per heavy atom. The van der Waals surface area contributed by atoms with Crippen molar-refractivity contribution in [3.8, 4) is 0 Å². The van der Waals surface area contributed by atoms with Crippen LogP contribution in [0.15, 0.2) is 37.2 Å². The van der Waals surface area contributed by atoms with E-state index >= 15 is 0 Å². The molecule has 10 heavy (non-hydrogen) atoms. The van der Waals surface area contributed by atoms with Crippen LogP contribution in [0.25, 0.3) is 0 Å². The molecule has 0 aromatic carbocycles. The molecule has 0 saturated heterocycles. The second-order valence-corrected chi connectivity index (χ2v) is 2.42. The van der Waals surface area contributed by atoms with E-state index in [0.717, 1.165) is 5.70 Å². The molecule has 0 bridgehead atoms. The third-order valence-corrected chi connectivity index (χ3v) is 1.00. The molecule has 1 N–H and O–H groups in total. The first kappa shape index (κ1) is 9.02. The van der Waals surface area contributed by atoms with E-state index in [9.17, 15) is 0 Å². The van der Waals surface area contributed by atoms with Crippen LogP contribution in [-0.4, -0.2) is 0 Å². The molecule has 1 heteroatoms. The predicted octanol–water partition coefficient (Wildman–Crippen LogP) is 2.45. The van der Waals surface area contributed by atoms with E-state index in [1.54, 1.807) is 12.3 Å². The van der Waals surface area contributed by atoms with Gasteiger partial charge in [-0.3, -0.25) is 0 Å². The fourth-order valence-corrected chi connectivity index (χ4v) is 0.652. The summed E-state index contributed by atoms with van der Waals surface area (Å²) in [6, 6.07) is 0. The van der Waals surface area contributed by atoms with E-state index in [2.05, 4.69) is 38.4 Å². The average Bonchev–Trinajstić information content (AvgIpc) is 1.86. The van der Waals surface area contributed by atoms with Gasteiger partial charge in [-0.2, -0.15) is 0 Å². The van der Waals surface area contributed by atoms with E-state index in [-0.39, 0.29) is 0 Å². The molecule has 1 nitrogen and oxygen atoms in total. The van der Waals surface area contributed by atoms with E-state index in [0.29, 0.717) is 5.92 Å². The summed E-state index contributed by atoms with van der Waals surface area (Å²) in [4.78, 5) is 0. The van der Waals surface area contributed by atoms with Crippen molar-refractivity contribution in [3.63, 3.8) is 0 Å². The molecule has 0 aliphatic rings. The topological polar surface area (TPSA) is 12.0 Å². The highest BCUT2D eigenvalue weighted by atomic mass is 14.8. The van der Waals surface area contributed by atoms with Gasteiger partial charge in [-0.15, -0.1) is 0 Å². The lowest BCUT2D eigenvalue weighted by Gasteiger charge is -2.01. The van der Waals surface area contributed by atoms with Gasteiger partial charge in [0.15, 0.2) is 0 Å². The van der Waals surface area contributed by atoms with Crippen LogP contribution in [0.2, 0.25) is 0 Å². The summed E-state index contributed by atoms with van der Waals surface area (Å²) >= 11 is 0. The van der Waals surface area contributed by atoms with Crippen molar-refractivity contribution in [1.29, 1.82) is 0 Å². The van der Waals surface area contributed by atoms with Gasteiger partial charge in [0, 0.05) is 5.70 Å². The number of hydrogen-bond acceptors (Lipinski definition) is 1. The zero-order valence-electron chi connectivity index (χ0n) is 6.72. The standard InChI is InChI=1S/C9H15N/c1-5-9(10-6-2)7-8(3)4/h5-8,10H,1-2H2,3-4H3/b9-7-. The Labute approximate surface area is 63.1 Å². The van der Waals surface area contributed by atoms with Gasteiger partial charge in [-0.25, -0.2) is 0 Å². The highest BCUT2D eigenvalue weighted by Gasteiger charge is 1.88. The number of nitrogens with one attached hydrogen (secondary N) is 1. The molecule has 0 rings (SSSR count). The fraction of sp³-hybridized carbons (Fsp3) is 0.333. The van der Waals surface area contributed by atoms with E-state index in [4.69, 9.17) is 0 Å². The van der Waals surface area contributed by atoms with Crippen molar-refractivity contribution in [2.45, 2.75) is 13.8 Å². The Hall–Kier alpha value is -0.980. The molecule has 0 aliphatic heterocycles. The van der Waals surface area contributed by atoms with Crippen molar-refractivity contribution in [3.05, 3.63) is 37.2 Å². The Bertz CT molecular complexity index is 143. The van der Waals surface area contributed by atoms with Crippen molar-refractivity contribution in [2.75, 3.05) is 0 Å². The molecule has 0 unspecified atom stereocenters. The van der Waals surface area contributed by atoms with Gasteiger partial charge >= 0.3 is 0 Å².